The smallest absolute Gasteiger partial charge is 0.325 e. The zero-order chi connectivity index (χ0) is 23.9. The molecule has 176 valence electrons. The molecular weight excluding hydrogens is 422 g/mol. The van der Waals surface area contributed by atoms with Gasteiger partial charge in [-0.2, -0.15) is 0 Å². The van der Waals surface area contributed by atoms with Gasteiger partial charge in [0.05, 0.1) is 0 Å². The third-order valence-corrected chi connectivity index (χ3v) is 6.46. The van der Waals surface area contributed by atoms with Crippen molar-refractivity contribution in [2.24, 2.45) is 0 Å². The molecule has 0 unspecified atom stereocenters. The van der Waals surface area contributed by atoms with Gasteiger partial charge in [0.1, 0.15) is 6.54 Å². The Balaban J connectivity index is 1.31. The molecule has 0 aliphatic carbocycles. The summed E-state index contributed by atoms with van der Waals surface area (Å²) in [5.41, 5.74) is 4.59. The molecule has 3 amide bonds. The Labute approximate surface area is 202 Å². The number of hydrogen-bond donors (Lipinski definition) is 1. The lowest BCUT2D eigenvalue weighted by Crippen LogP contribution is -2.40. The Morgan fingerprint density at radius 1 is 0.824 bits per heavy atom. The lowest BCUT2D eigenvalue weighted by molar-refractivity contribution is -0.121. The molecule has 0 spiro atoms. The molecule has 1 fully saturated rings. The van der Waals surface area contributed by atoms with E-state index in [-0.39, 0.29) is 24.4 Å². The summed E-state index contributed by atoms with van der Waals surface area (Å²) in [6, 6.07) is 28.7. The van der Waals surface area contributed by atoms with Crippen molar-refractivity contribution in [2.45, 2.75) is 32.1 Å². The van der Waals surface area contributed by atoms with Crippen LogP contribution >= 0.6 is 0 Å². The summed E-state index contributed by atoms with van der Waals surface area (Å²) in [5, 5.41) is 3.02. The van der Waals surface area contributed by atoms with E-state index in [4.69, 9.17) is 0 Å². The summed E-state index contributed by atoms with van der Waals surface area (Å²) in [6.45, 7) is 6.08. The molecule has 34 heavy (non-hydrogen) atoms. The normalized spacial score (nSPS) is 13.7. The van der Waals surface area contributed by atoms with E-state index in [1.165, 1.54) is 16.7 Å². The van der Waals surface area contributed by atoms with Crippen molar-refractivity contribution in [3.63, 3.8) is 0 Å². The van der Waals surface area contributed by atoms with E-state index in [0.717, 1.165) is 12.1 Å². The first-order valence-electron chi connectivity index (χ1n) is 12.1. The SMILES string of the molecule is CC(C)c1ccc(N2CCN(CC(=O)NCCC(c3ccccc3)c3ccccc3)C2=O)cc1. The maximum Gasteiger partial charge on any atom is 0.325 e. The van der Waals surface area contributed by atoms with Gasteiger partial charge in [0.25, 0.3) is 0 Å². The summed E-state index contributed by atoms with van der Waals surface area (Å²) in [4.78, 5) is 28.9. The van der Waals surface area contributed by atoms with Crippen molar-refractivity contribution in [3.8, 4) is 0 Å². The van der Waals surface area contributed by atoms with Gasteiger partial charge in [-0.25, -0.2) is 4.79 Å². The molecule has 3 aromatic carbocycles. The van der Waals surface area contributed by atoms with Crippen LogP contribution in [-0.2, 0) is 4.79 Å². The topological polar surface area (TPSA) is 52.6 Å². The van der Waals surface area contributed by atoms with Crippen LogP contribution in [0, 0.1) is 0 Å². The van der Waals surface area contributed by atoms with Crippen LogP contribution in [0.3, 0.4) is 0 Å². The molecule has 0 saturated carbocycles. The second-order valence-electron chi connectivity index (χ2n) is 9.11. The fourth-order valence-corrected chi connectivity index (χ4v) is 4.49. The number of carbonyl (C=O) groups is 2. The number of nitrogens with zero attached hydrogens (tertiary/aromatic N) is 2. The summed E-state index contributed by atoms with van der Waals surface area (Å²) < 4.78 is 0. The van der Waals surface area contributed by atoms with Crippen LogP contribution in [0.4, 0.5) is 10.5 Å². The fourth-order valence-electron chi connectivity index (χ4n) is 4.49. The summed E-state index contributed by atoms with van der Waals surface area (Å²) in [5.74, 6) is 0.539. The van der Waals surface area contributed by atoms with Crippen molar-refractivity contribution in [3.05, 3.63) is 102 Å². The maximum atomic E-state index is 12.9. The molecule has 0 aromatic heterocycles. The average Bonchev–Trinajstić information content (AvgIpc) is 3.22. The van der Waals surface area contributed by atoms with E-state index in [0.29, 0.717) is 25.6 Å². The van der Waals surface area contributed by atoms with Crippen LogP contribution in [0.25, 0.3) is 0 Å². The van der Waals surface area contributed by atoms with Gasteiger partial charge in [0.2, 0.25) is 5.91 Å². The van der Waals surface area contributed by atoms with Gasteiger partial charge in [-0.1, -0.05) is 86.6 Å². The number of nitrogens with one attached hydrogen (secondary N) is 1. The molecule has 5 heteroatoms. The zero-order valence-electron chi connectivity index (χ0n) is 20.0. The number of urea groups is 1. The first kappa shape index (κ1) is 23.6. The largest absolute Gasteiger partial charge is 0.355 e. The van der Waals surface area contributed by atoms with Gasteiger partial charge in [-0.3, -0.25) is 9.69 Å². The van der Waals surface area contributed by atoms with Gasteiger partial charge in [0.15, 0.2) is 0 Å². The average molecular weight is 456 g/mol. The van der Waals surface area contributed by atoms with Crippen LogP contribution in [0.5, 0.6) is 0 Å². The lowest BCUT2D eigenvalue weighted by atomic mass is 9.88. The Kier molecular flexibility index (Phi) is 7.63. The van der Waals surface area contributed by atoms with Gasteiger partial charge in [-0.05, 0) is 41.2 Å². The van der Waals surface area contributed by atoms with E-state index in [1.807, 2.05) is 48.5 Å². The summed E-state index contributed by atoms with van der Waals surface area (Å²) in [6.07, 6.45) is 0.794. The Morgan fingerprint density at radius 2 is 1.41 bits per heavy atom. The molecule has 4 rings (SSSR count). The molecule has 1 saturated heterocycles. The predicted octanol–water partition coefficient (Wildman–Crippen LogP) is 5.39. The Hall–Kier alpha value is -3.60. The molecule has 5 nitrogen and oxygen atoms in total. The van der Waals surface area contributed by atoms with E-state index < -0.39 is 0 Å². The van der Waals surface area contributed by atoms with Crippen molar-refractivity contribution < 1.29 is 9.59 Å². The lowest BCUT2D eigenvalue weighted by Gasteiger charge is -2.20. The van der Waals surface area contributed by atoms with E-state index in [9.17, 15) is 9.59 Å². The van der Waals surface area contributed by atoms with Crippen molar-refractivity contribution in [1.29, 1.82) is 0 Å². The van der Waals surface area contributed by atoms with Crippen LogP contribution in [0.2, 0.25) is 0 Å². The van der Waals surface area contributed by atoms with E-state index in [2.05, 4.69) is 55.6 Å². The van der Waals surface area contributed by atoms with Crippen molar-refractivity contribution >= 4 is 17.6 Å². The van der Waals surface area contributed by atoms with Gasteiger partial charge >= 0.3 is 6.03 Å². The quantitative estimate of drug-likeness (QED) is 0.470. The monoisotopic (exact) mass is 455 g/mol. The first-order valence-corrected chi connectivity index (χ1v) is 12.1. The fraction of sp³-hybridized carbons (Fsp3) is 0.310. The molecule has 0 atom stereocenters. The van der Waals surface area contributed by atoms with E-state index in [1.54, 1.807) is 9.80 Å². The molecule has 0 radical (unpaired) electrons. The first-order chi connectivity index (χ1) is 16.5. The Morgan fingerprint density at radius 3 is 1.97 bits per heavy atom. The predicted molar refractivity (Wildman–Crippen MR) is 137 cm³/mol. The highest BCUT2D eigenvalue weighted by Gasteiger charge is 2.30. The summed E-state index contributed by atoms with van der Waals surface area (Å²) >= 11 is 0. The number of anilines is 1. The standard InChI is InChI=1S/C29H33N3O2/c1-22(2)23-13-15-26(16-14-23)32-20-19-31(29(32)34)21-28(33)30-18-17-27(24-9-5-3-6-10-24)25-11-7-4-8-12-25/h3-16,22,27H,17-21H2,1-2H3,(H,30,33). The highest BCUT2D eigenvalue weighted by Crippen LogP contribution is 2.27. The highest BCUT2D eigenvalue weighted by molar-refractivity contribution is 5.96. The molecule has 0 bridgehead atoms. The number of rotatable bonds is 9. The molecule has 1 aliphatic rings. The Bertz CT molecular complexity index is 1040. The van der Waals surface area contributed by atoms with Gasteiger partial charge in [0, 0.05) is 31.2 Å². The number of amides is 3. The van der Waals surface area contributed by atoms with Gasteiger partial charge < -0.3 is 10.2 Å². The molecule has 1 N–H and O–H groups in total. The van der Waals surface area contributed by atoms with Crippen LogP contribution in [0.15, 0.2) is 84.9 Å². The second kappa shape index (κ2) is 11.0. The third kappa shape index (κ3) is 5.66. The minimum Gasteiger partial charge on any atom is -0.355 e. The minimum absolute atomic E-state index is 0.0841. The number of hydrogen-bond acceptors (Lipinski definition) is 2. The maximum absolute atomic E-state index is 12.9. The molecular formula is C29H33N3O2. The number of carbonyl (C=O) groups excluding carboxylic acids is 2. The zero-order valence-corrected chi connectivity index (χ0v) is 20.0. The molecule has 3 aromatic rings. The number of benzene rings is 3. The molecule has 1 aliphatic heterocycles. The van der Waals surface area contributed by atoms with Gasteiger partial charge in [-0.15, -0.1) is 0 Å². The highest BCUT2D eigenvalue weighted by atomic mass is 16.2. The van der Waals surface area contributed by atoms with Crippen LogP contribution in [0.1, 0.15) is 48.8 Å². The second-order valence-corrected chi connectivity index (χ2v) is 9.11. The van der Waals surface area contributed by atoms with Crippen LogP contribution < -0.4 is 10.2 Å². The van der Waals surface area contributed by atoms with Crippen molar-refractivity contribution in [2.75, 3.05) is 31.1 Å². The molecule has 1 heterocycles. The minimum atomic E-state index is -0.120. The summed E-state index contributed by atoms with van der Waals surface area (Å²) in [7, 11) is 0. The van der Waals surface area contributed by atoms with Crippen LogP contribution in [-0.4, -0.2) is 43.0 Å². The van der Waals surface area contributed by atoms with Crippen molar-refractivity contribution in [1.82, 2.24) is 10.2 Å². The van der Waals surface area contributed by atoms with E-state index >= 15 is 0 Å². The third-order valence-electron chi connectivity index (χ3n) is 6.46.